The summed E-state index contributed by atoms with van der Waals surface area (Å²) in [4.78, 5) is 28.6. The van der Waals surface area contributed by atoms with Gasteiger partial charge >= 0.3 is 0 Å². The second-order valence-corrected chi connectivity index (χ2v) is 7.95. The summed E-state index contributed by atoms with van der Waals surface area (Å²) in [5, 5.41) is 9.86. The predicted molar refractivity (Wildman–Crippen MR) is 121 cm³/mol. The Morgan fingerprint density at radius 3 is 2.59 bits per heavy atom. The van der Waals surface area contributed by atoms with Crippen LogP contribution in [0.5, 0.6) is 11.5 Å². The van der Waals surface area contributed by atoms with Crippen molar-refractivity contribution in [2.75, 3.05) is 26.9 Å². The van der Waals surface area contributed by atoms with E-state index in [1.165, 1.54) is 0 Å². The summed E-state index contributed by atoms with van der Waals surface area (Å²) >= 11 is 0. The molecule has 0 saturated heterocycles. The molecule has 1 amide bonds. The van der Waals surface area contributed by atoms with Gasteiger partial charge in [-0.25, -0.2) is 0 Å². The number of aliphatic hydroxyl groups is 1. The molecule has 2 heterocycles. The molecule has 3 aromatic rings. The third-order valence-corrected chi connectivity index (χ3v) is 5.77. The first-order chi connectivity index (χ1) is 15.4. The lowest BCUT2D eigenvalue weighted by molar-refractivity contribution is 0.0716. The Labute approximate surface area is 186 Å². The lowest BCUT2D eigenvalue weighted by Crippen LogP contribution is -2.31. The number of fused-ring (bicyclic) bond motifs is 2. The number of hydrogen-bond donors (Lipinski definition) is 1. The molecular formula is C25H27NO6. The van der Waals surface area contributed by atoms with Crippen LogP contribution in [0, 0.1) is 13.8 Å². The standard InChI is InChI=1S/C25H27NO6/c1-5-31-17-8-7-16(13-18(17)30-4)22-21-23(28)20-15(3)11-14(2)12-19(20)32-24(21)25(29)26(22)9-6-10-27/h7-8,11-13,22,27H,5-6,9-10H2,1-4H3. The van der Waals surface area contributed by atoms with Crippen molar-refractivity contribution in [2.45, 2.75) is 33.2 Å². The normalized spacial score (nSPS) is 15.3. The minimum Gasteiger partial charge on any atom is -0.493 e. The van der Waals surface area contributed by atoms with E-state index in [0.29, 0.717) is 46.6 Å². The van der Waals surface area contributed by atoms with Crippen molar-refractivity contribution in [1.82, 2.24) is 4.90 Å². The molecule has 0 aliphatic carbocycles. The van der Waals surface area contributed by atoms with Gasteiger partial charge in [0.05, 0.1) is 30.7 Å². The highest BCUT2D eigenvalue weighted by Crippen LogP contribution is 2.41. The van der Waals surface area contributed by atoms with Crippen LogP contribution < -0.4 is 14.9 Å². The number of aryl methyl sites for hydroxylation is 2. The summed E-state index contributed by atoms with van der Waals surface area (Å²) in [6.07, 6.45) is 0.385. The first-order valence-corrected chi connectivity index (χ1v) is 10.7. The van der Waals surface area contributed by atoms with Crippen molar-refractivity contribution < 1.29 is 23.8 Å². The Kier molecular flexibility index (Phi) is 5.93. The lowest BCUT2D eigenvalue weighted by atomic mass is 9.96. The summed E-state index contributed by atoms with van der Waals surface area (Å²) in [6, 6.07) is 8.47. The number of benzene rings is 2. The smallest absolute Gasteiger partial charge is 0.290 e. The Morgan fingerprint density at radius 1 is 1.12 bits per heavy atom. The lowest BCUT2D eigenvalue weighted by Gasteiger charge is -2.25. The molecule has 0 bridgehead atoms. The molecule has 1 unspecified atom stereocenters. The van der Waals surface area contributed by atoms with Gasteiger partial charge in [-0.3, -0.25) is 9.59 Å². The fraction of sp³-hybridized carbons (Fsp3) is 0.360. The highest BCUT2D eigenvalue weighted by atomic mass is 16.5. The average Bonchev–Trinajstić information content (AvgIpc) is 3.04. The molecule has 4 rings (SSSR count). The number of carbonyl (C=O) groups excluding carboxylic acids is 1. The second kappa shape index (κ2) is 8.67. The Balaban J connectivity index is 1.96. The van der Waals surface area contributed by atoms with E-state index in [-0.39, 0.29) is 30.2 Å². The highest BCUT2D eigenvalue weighted by Gasteiger charge is 2.42. The fourth-order valence-corrected chi connectivity index (χ4v) is 4.46. The molecule has 1 aromatic heterocycles. The first-order valence-electron chi connectivity index (χ1n) is 10.7. The molecule has 1 atom stereocenters. The zero-order valence-corrected chi connectivity index (χ0v) is 18.7. The molecule has 1 aliphatic rings. The molecule has 1 N–H and O–H groups in total. The third kappa shape index (κ3) is 3.52. The van der Waals surface area contributed by atoms with Crippen molar-refractivity contribution >= 4 is 16.9 Å². The SMILES string of the molecule is CCOc1ccc(C2c3c(oc4cc(C)cc(C)c4c3=O)C(=O)N2CCCO)cc1OC. The van der Waals surface area contributed by atoms with Gasteiger partial charge in [-0.2, -0.15) is 0 Å². The van der Waals surface area contributed by atoms with E-state index in [2.05, 4.69) is 0 Å². The topological polar surface area (TPSA) is 89.2 Å². The van der Waals surface area contributed by atoms with Gasteiger partial charge in [-0.1, -0.05) is 12.1 Å². The van der Waals surface area contributed by atoms with Crippen LogP contribution in [0.25, 0.3) is 11.0 Å². The van der Waals surface area contributed by atoms with E-state index in [4.69, 9.17) is 13.9 Å². The number of rotatable bonds is 7. The van der Waals surface area contributed by atoms with E-state index in [9.17, 15) is 14.7 Å². The predicted octanol–water partition coefficient (Wildman–Crippen LogP) is 3.74. The maximum absolute atomic E-state index is 13.7. The summed E-state index contributed by atoms with van der Waals surface area (Å²) in [6.45, 7) is 6.38. The highest BCUT2D eigenvalue weighted by molar-refractivity contribution is 5.99. The Bertz CT molecular complexity index is 1250. The molecule has 168 valence electrons. The molecular weight excluding hydrogens is 410 g/mol. The molecule has 1 aliphatic heterocycles. The number of carbonyl (C=O) groups is 1. The van der Waals surface area contributed by atoms with Gasteiger partial charge in [0.1, 0.15) is 5.58 Å². The largest absolute Gasteiger partial charge is 0.493 e. The Hall–Kier alpha value is -3.32. The van der Waals surface area contributed by atoms with Crippen molar-refractivity contribution in [3.05, 3.63) is 68.6 Å². The Morgan fingerprint density at radius 2 is 1.91 bits per heavy atom. The fourth-order valence-electron chi connectivity index (χ4n) is 4.46. The first kappa shape index (κ1) is 21.9. The number of nitrogens with zero attached hydrogens (tertiary/aromatic N) is 1. The molecule has 2 aromatic carbocycles. The molecule has 7 heteroatoms. The summed E-state index contributed by atoms with van der Waals surface area (Å²) < 4.78 is 17.1. The molecule has 0 saturated carbocycles. The monoisotopic (exact) mass is 437 g/mol. The van der Waals surface area contributed by atoms with Crippen LogP contribution >= 0.6 is 0 Å². The number of aliphatic hydroxyl groups excluding tert-OH is 1. The van der Waals surface area contributed by atoms with E-state index in [1.807, 2.05) is 32.9 Å². The van der Waals surface area contributed by atoms with Gasteiger partial charge in [0.15, 0.2) is 16.9 Å². The summed E-state index contributed by atoms with van der Waals surface area (Å²) in [5.74, 6) is 0.805. The van der Waals surface area contributed by atoms with E-state index >= 15 is 0 Å². The van der Waals surface area contributed by atoms with E-state index < -0.39 is 6.04 Å². The number of ether oxygens (including phenoxy) is 2. The average molecular weight is 437 g/mol. The van der Waals surface area contributed by atoms with Gasteiger partial charge in [-0.05, 0) is 62.1 Å². The summed E-state index contributed by atoms with van der Waals surface area (Å²) in [7, 11) is 1.55. The van der Waals surface area contributed by atoms with Gasteiger partial charge in [0.2, 0.25) is 5.76 Å². The molecule has 0 radical (unpaired) electrons. The number of amides is 1. The molecule has 0 fully saturated rings. The van der Waals surface area contributed by atoms with Gasteiger partial charge in [0, 0.05) is 13.2 Å². The quantitative estimate of drug-likeness (QED) is 0.606. The molecule has 32 heavy (non-hydrogen) atoms. The van der Waals surface area contributed by atoms with Crippen LogP contribution in [-0.4, -0.2) is 42.8 Å². The zero-order chi connectivity index (χ0) is 23.0. The second-order valence-electron chi connectivity index (χ2n) is 7.95. The molecule has 7 nitrogen and oxygen atoms in total. The van der Waals surface area contributed by atoms with E-state index in [0.717, 1.165) is 11.1 Å². The minimum atomic E-state index is -0.644. The van der Waals surface area contributed by atoms with Crippen LogP contribution in [0.2, 0.25) is 0 Å². The van der Waals surface area contributed by atoms with Crippen LogP contribution in [0.3, 0.4) is 0 Å². The minimum absolute atomic E-state index is 0.0586. The van der Waals surface area contributed by atoms with Crippen LogP contribution in [0.1, 0.15) is 52.2 Å². The van der Waals surface area contributed by atoms with Crippen molar-refractivity contribution in [3.8, 4) is 11.5 Å². The van der Waals surface area contributed by atoms with Gasteiger partial charge in [0.25, 0.3) is 5.91 Å². The molecule has 0 spiro atoms. The summed E-state index contributed by atoms with van der Waals surface area (Å²) in [5.41, 5.74) is 2.99. The van der Waals surface area contributed by atoms with Crippen LogP contribution in [0.15, 0.2) is 39.5 Å². The number of hydrogen-bond acceptors (Lipinski definition) is 6. The maximum Gasteiger partial charge on any atom is 0.290 e. The van der Waals surface area contributed by atoms with Crippen molar-refractivity contribution in [2.24, 2.45) is 0 Å². The van der Waals surface area contributed by atoms with Crippen LogP contribution in [-0.2, 0) is 0 Å². The van der Waals surface area contributed by atoms with E-state index in [1.54, 1.807) is 30.2 Å². The third-order valence-electron chi connectivity index (χ3n) is 5.77. The zero-order valence-electron chi connectivity index (χ0n) is 18.7. The van der Waals surface area contributed by atoms with Gasteiger partial charge in [-0.15, -0.1) is 0 Å². The maximum atomic E-state index is 13.7. The van der Waals surface area contributed by atoms with Gasteiger partial charge < -0.3 is 23.9 Å². The number of methoxy groups -OCH3 is 1. The van der Waals surface area contributed by atoms with Crippen molar-refractivity contribution in [1.29, 1.82) is 0 Å². The van der Waals surface area contributed by atoms with Crippen LogP contribution in [0.4, 0.5) is 0 Å². The van der Waals surface area contributed by atoms with Crippen molar-refractivity contribution in [3.63, 3.8) is 0 Å².